The predicted molar refractivity (Wildman–Crippen MR) is 210 cm³/mol. The van der Waals surface area contributed by atoms with Gasteiger partial charge in [-0.2, -0.15) is 0 Å². The van der Waals surface area contributed by atoms with E-state index in [1.165, 1.54) is 98.7 Å². The zero-order valence-electron chi connectivity index (χ0n) is 27.7. The van der Waals surface area contributed by atoms with Crippen LogP contribution in [-0.2, 0) is 5.41 Å². The van der Waals surface area contributed by atoms with E-state index in [1.54, 1.807) is 0 Å². The SMILES string of the molecule is CC1(C)c2cc(-c3cccc4ccccc34)ccc2-c2ccc(-c3cccc4cccc(-c5cc6ccccc6c6ccccc56)c34)cc21. The Morgan fingerprint density at radius 2 is 0.816 bits per heavy atom. The fourth-order valence-corrected chi connectivity index (χ4v) is 8.63. The van der Waals surface area contributed by atoms with Gasteiger partial charge in [0, 0.05) is 5.41 Å². The number of benzene rings is 9. The average Bonchev–Trinajstić information content (AvgIpc) is 3.38. The van der Waals surface area contributed by atoms with E-state index < -0.39 is 0 Å². The maximum atomic E-state index is 2.47. The van der Waals surface area contributed by atoms with E-state index >= 15 is 0 Å². The first-order chi connectivity index (χ1) is 24.1. The van der Waals surface area contributed by atoms with Crippen LogP contribution in [0, 0.1) is 0 Å². The van der Waals surface area contributed by atoms with Gasteiger partial charge in [0.2, 0.25) is 0 Å². The maximum Gasteiger partial charge on any atom is 0.0159 e. The lowest BCUT2D eigenvalue weighted by atomic mass is 9.80. The van der Waals surface area contributed by atoms with Crippen LogP contribution in [0.25, 0.3) is 87.6 Å². The van der Waals surface area contributed by atoms with Gasteiger partial charge < -0.3 is 0 Å². The molecule has 1 aliphatic rings. The van der Waals surface area contributed by atoms with E-state index in [-0.39, 0.29) is 5.41 Å². The summed E-state index contributed by atoms with van der Waals surface area (Å²) in [7, 11) is 0. The van der Waals surface area contributed by atoms with Crippen molar-refractivity contribution in [2.45, 2.75) is 19.3 Å². The Bertz CT molecular complexity index is 2780. The summed E-state index contributed by atoms with van der Waals surface area (Å²) in [6.07, 6.45) is 0. The minimum Gasteiger partial charge on any atom is -0.0616 e. The third-order valence-corrected chi connectivity index (χ3v) is 11.1. The van der Waals surface area contributed by atoms with Crippen molar-refractivity contribution in [3.05, 3.63) is 181 Å². The first kappa shape index (κ1) is 28.1. The molecular formula is C49H34. The smallest absolute Gasteiger partial charge is 0.0159 e. The topological polar surface area (TPSA) is 0 Å². The lowest BCUT2D eigenvalue weighted by molar-refractivity contribution is 0.661. The van der Waals surface area contributed by atoms with Crippen molar-refractivity contribution in [1.29, 1.82) is 0 Å². The first-order valence-electron chi connectivity index (χ1n) is 17.3. The summed E-state index contributed by atoms with van der Waals surface area (Å²) in [5.41, 5.74) is 13.0. The molecule has 0 heteroatoms. The molecule has 0 spiro atoms. The molecule has 0 nitrogen and oxygen atoms in total. The van der Waals surface area contributed by atoms with E-state index in [1.807, 2.05) is 0 Å². The van der Waals surface area contributed by atoms with Gasteiger partial charge in [-0.15, -0.1) is 0 Å². The summed E-state index contributed by atoms with van der Waals surface area (Å²) in [6, 6.07) is 63.2. The van der Waals surface area contributed by atoms with Gasteiger partial charge in [0.15, 0.2) is 0 Å². The highest BCUT2D eigenvalue weighted by Gasteiger charge is 2.36. The fourth-order valence-electron chi connectivity index (χ4n) is 8.63. The van der Waals surface area contributed by atoms with Crippen LogP contribution >= 0.6 is 0 Å². The summed E-state index contributed by atoms with van der Waals surface area (Å²) < 4.78 is 0. The molecule has 49 heavy (non-hydrogen) atoms. The van der Waals surface area contributed by atoms with Crippen LogP contribution in [0.15, 0.2) is 170 Å². The minimum absolute atomic E-state index is 0.136. The second kappa shape index (κ2) is 10.5. The molecule has 0 aromatic heterocycles. The third kappa shape index (κ3) is 4.17. The van der Waals surface area contributed by atoms with Crippen molar-refractivity contribution in [3.8, 4) is 44.5 Å². The number of hydrogen-bond acceptors (Lipinski definition) is 0. The van der Waals surface area contributed by atoms with Gasteiger partial charge in [-0.1, -0.05) is 166 Å². The molecule has 0 bridgehead atoms. The van der Waals surface area contributed by atoms with Gasteiger partial charge in [0.1, 0.15) is 0 Å². The lowest BCUT2D eigenvalue weighted by Crippen LogP contribution is -2.15. The number of hydrogen-bond donors (Lipinski definition) is 0. The second-order valence-corrected chi connectivity index (χ2v) is 14.1. The molecule has 1 aliphatic carbocycles. The van der Waals surface area contributed by atoms with Gasteiger partial charge in [-0.3, -0.25) is 0 Å². The molecule has 9 aromatic rings. The van der Waals surface area contributed by atoms with E-state index in [0.717, 1.165) is 0 Å². The monoisotopic (exact) mass is 622 g/mol. The molecule has 0 radical (unpaired) electrons. The van der Waals surface area contributed by atoms with Crippen molar-refractivity contribution in [3.63, 3.8) is 0 Å². The molecule has 0 atom stereocenters. The Morgan fingerprint density at radius 3 is 1.53 bits per heavy atom. The predicted octanol–water partition coefficient (Wildman–Crippen LogP) is 13.6. The standard InChI is InChI=1S/C49H34/c1-49(2)46-29-34(37-21-9-14-31-12-3-5-17-36(31)37)24-26-42(46)43-27-25-35(30-47(43)49)39-22-10-15-32-16-11-23-44(48(32)39)45-28-33-13-4-6-18-38(33)40-19-7-8-20-41(40)45/h3-30H,1-2H3. The molecular weight excluding hydrogens is 589 g/mol. The fraction of sp³-hybridized carbons (Fsp3) is 0.0612. The first-order valence-corrected chi connectivity index (χ1v) is 17.3. The minimum atomic E-state index is -0.136. The Balaban J connectivity index is 1.15. The Morgan fingerprint density at radius 1 is 0.306 bits per heavy atom. The summed E-state index contributed by atoms with van der Waals surface area (Å²) >= 11 is 0. The van der Waals surface area contributed by atoms with Crippen molar-refractivity contribution >= 4 is 43.1 Å². The van der Waals surface area contributed by atoms with Crippen LogP contribution in [-0.4, -0.2) is 0 Å². The second-order valence-electron chi connectivity index (χ2n) is 14.1. The molecule has 0 saturated carbocycles. The van der Waals surface area contributed by atoms with Crippen molar-refractivity contribution in [2.75, 3.05) is 0 Å². The molecule has 0 amide bonds. The molecule has 0 fully saturated rings. The zero-order chi connectivity index (χ0) is 32.7. The highest BCUT2D eigenvalue weighted by atomic mass is 14.4. The highest BCUT2D eigenvalue weighted by Crippen LogP contribution is 2.51. The van der Waals surface area contributed by atoms with Crippen LogP contribution in [0.4, 0.5) is 0 Å². The lowest BCUT2D eigenvalue weighted by Gasteiger charge is -2.23. The average molecular weight is 623 g/mol. The molecule has 0 saturated heterocycles. The molecule has 0 aliphatic heterocycles. The van der Waals surface area contributed by atoms with Gasteiger partial charge in [0.25, 0.3) is 0 Å². The molecule has 9 aromatic carbocycles. The van der Waals surface area contributed by atoms with Crippen molar-refractivity contribution in [1.82, 2.24) is 0 Å². The molecule has 10 rings (SSSR count). The van der Waals surface area contributed by atoms with Gasteiger partial charge in [-0.25, -0.2) is 0 Å². The van der Waals surface area contributed by atoms with Crippen LogP contribution in [0.1, 0.15) is 25.0 Å². The van der Waals surface area contributed by atoms with E-state index in [0.29, 0.717) is 0 Å². The van der Waals surface area contributed by atoms with Gasteiger partial charge in [0.05, 0.1) is 0 Å². The van der Waals surface area contributed by atoms with Crippen molar-refractivity contribution < 1.29 is 0 Å². The van der Waals surface area contributed by atoms with Gasteiger partial charge >= 0.3 is 0 Å². The largest absolute Gasteiger partial charge is 0.0616 e. The van der Waals surface area contributed by atoms with Crippen LogP contribution in [0.3, 0.4) is 0 Å². The highest BCUT2D eigenvalue weighted by molar-refractivity contribution is 6.18. The summed E-state index contributed by atoms with van der Waals surface area (Å²) in [5.74, 6) is 0. The quantitative estimate of drug-likeness (QED) is 0.172. The number of rotatable bonds is 3. The summed E-state index contributed by atoms with van der Waals surface area (Å²) in [6.45, 7) is 4.79. The van der Waals surface area contributed by atoms with Crippen LogP contribution in [0.2, 0.25) is 0 Å². The molecule has 0 heterocycles. The Kier molecular flexibility index (Phi) is 6.02. The van der Waals surface area contributed by atoms with Crippen LogP contribution < -0.4 is 0 Å². The Hall–Kier alpha value is -5.98. The van der Waals surface area contributed by atoms with E-state index in [9.17, 15) is 0 Å². The van der Waals surface area contributed by atoms with Crippen LogP contribution in [0.5, 0.6) is 0 Å². The number of fused-ring (bicyclic) bond motifs is 8. The molecule has 230 valence electrons. The maximum absolute atomic E-state index is 2.47. The van der Waals surface area contributed by atoms with Gasteiger partial charge in [-0.05, 0) is 117 Å². The molecule has 0 N–H and O–H groups in total. The van der Waals surface area contributed by atoms with Crippen molar-refractivity contribution in [2.24, 2.45) is 0 Å². The normalized spacial score (nSPS) is 13.3. The zero-order valence-corrected chi connectivity index (χ0v) is 27.7. The summed E-state index contributed by atoms with van der Waals surface area (Å²) in [5, 5.41) is 10.3. The third-order valence-electron chi connectivity index (χ3n) is 11.1. The van der Waals surface area contributed by atoms with E-state index in [2.05, 4.69) is 184 Å². The summed E-state index contributed by atoms with van der Waals surface area (Å²) in [4.78, 5) is 0. The molecule has 0 unspecified atom stereocenters. The Labute approximate surface area is 286 Å². The van der Waals surface area contributed by atoms with E-state index in [4.69, 9.17) is 0 Å².